The molecule has 10 aromatic carbocycles. The molecule has 0 N–H and O–H groups in total. The van der Waals surface area contributed by atoms with Crippen molar-refractivity contribution in [3.05, 3.63) is 284 Å². The van der Waals surface area contributed by atoms with Gasteiger partial charge in [0.2, 0.25) is 0 Å². The quantitative estimate of drug-likeness (QED) is 0.0560. The Bertz CT molecular complexity index is 4510. The molecule has 0 saturated heterocycles. The van der Waals surface area contributed by atoms with E-state index >= 15 is 0 Å². The standard InChI is InChI=1S/C77H66N4OSi/c1-75(2,3)55-44-45-78-73(48-55)81-69-37-18-17-34-65(69)66-42-41-58(50-72(66)81)82-57-26-22-25-56(49-57)79-52-80(71-39-20-19-38-70(71)79)74-63(35-23-36-64(74)54-40-43-67-68(47-54)77(6,7)51-76(67,4)5)53-24-21-33-62(46-53)83(59-27-11-8-12-28-59,60-29-13-9-14-30-60)61-31-15-10-16-32-61/h8-50H,51H2,1-7H3. The van der Waals surface area contributed by atoms with Crippen molar-refractivity contribution in [1.29, 1.82) is 0 Å². The first kappa shape index (κ1) is 51.8. The Kier molecular flexibility index (Phi) is 12.5. The zero-order valence-corrected chi connectivity index (χ0v) is 49.2. The summed E-state index contributed by atoms with van der Waals surface area (Å²) in [5, 5.41) is 7.65. The molecule has 3 aromatic heterocycles. The lowest BCUT2D eigenvalue weighted by Gasteiger charge is -2.34. The Morgan fingerprint density at radius 2 is 1.06 bits per heavy atom. The molecule has 3 heterocycles. The molecule has 404 valence electrons. The molecule has 14 rings (SSSR count). The first-order chi connectivity index (χ1) is 40.3. The lowest BCUT2D eigenvalue weighted by molar-refractivity contribution is -0.571. The maximum absolute atomic E-state index is 6.91. The summed E-state index contributed by atoms with van der Waals surface area (Å²) >= 11 is 0. The van der Waals surface area contributed by atoms with Gasteiger partial charge in [-0.2, -0.15) is 0 Å². The number of imidazole rings is 1. The summed E-state index contributed by atoms with van der Waals surface area (Å²) < 4.78 is 13.7. The fraction of sp³-hybridized carbons (Fsp3) is 0.143. The Labute approximate surface area is 488 Å². The van der Waals surface area contributed by atoms with Crippen LogP contribution in [0.5, 0.6) is 11.5 Å². The number of ether oxygens (including phenoxy) is 1. The number of hydrogen-bond donors (Lipinski definition) is 0. The number of fused-ring (bicyclic) bond motifs is 5. The Balaban J connectivity index is 0.938. The number of para-hydroxylation sites is 4. The SMILES string of the molecule is CC(C)(C)c1ccnc(-n2c3ccccc3c3ccc(Oc4cccc(-n5[c-][n+](-c6c(-c7cccc([Si](c8ccccc8)(c8ccccc8)c8ccccc8)c7)cccc6-c6ccc7c(c6)C(C)(C)CC7(C)C)c6ccccc65)c4)cc32)c1. The Morgan fingerprint density at radius 1 is 0.482 bits per heavy atom. The zero-order valence-electron chi connectivity index (χ0n) is 48.2. The second kappa shape index (κ2) is 20.0. The molecule has 0 bridgehead atoms. The molecule has 0 spiro atoms. The van der Waals surface area contributed by atoms with Crippen LogP contribution in [-0.4, -0.2) is 22.2 Å². The van der Waals surface area contributed by atoms with Crippen molar-refractivity contribution in [2.45, 2.75) is 71.1 Å². The zero-order chi connectivity index (χ0) is 56.7. The topological polar surface area (TPSA) is 35.9 Å². The molecule has 5 nitrogen and oxygen atoms in total. The number of hydrogen-bond acceptors (Lipinski definition) is 2. The van der Waals surface area contributed by atoms with Crippen LogP contribution in [-0.2, 0) is 16.2 Å². The minimum atomic E-state index is -2.88. The van der Waals surface area contributed by atoms with Gasteiger partial charge in [0.1, 0.15) is 17.3 Å². The average Bonchev–Trinajstić information content (AvgIpc) is 2.79. The maximum atomic E-state index is 6.91. The molecule has 0 fully saturated rings. The van der Waals surface area contributed by atoms with Gasteiger partial charge in [-0.05, 0) is 131 Å². The van der Waals surface area contributed by atoms with Crippen LogP contribution < -0.4 is 30.1 Å². The molecule has 83 heavy (non-hydrogen) atoms. The van der Waals surface area contributed by atoms with E-state index in [0.29, 0.717) is 0 Å². The van der Waals surface area contributed by atoms with Crippen molar-refractivity contribution >= 4 is 61.7 Å². The predicted octanol–water partition coefficient (Wildman–Crippen LogP) is 16.0. The second-order valence-electron chi connectivity index (χ2n) is 24.9. The lowest BCUT2D eigenvalue weighted by Crippen LogP contribution is -2.74. The second-order valence-corrected chi connectivity index (χ2v) is 28.7. The molecular weight excluding hydrogens is 1020 g/mol. The number of pyridine rings is 1. The van der Waals surface area contributed by atoms with Gasteiger partial charge < -0.3 is 4.74 Å². The monoisotopic (exact) mass is 1090 g/mol. The fourth-order valence-electron chi connectivity index (χ4n) is 13.9. The summed E-state index contributed by atoms with van der Waals surface area (Å²) in [5.74, 6) is 2.34. The summed E-state index contributed by atoms with van der Waals surface area (Å²) in [6.45, 7) is 16.3. The van der Waals surface area contributed by atoms with E-state index in [1.807, 2.05) is 12.3 Å². The van der Waals surface area contributed by atoms with Crippen molar-refractivity contribution in [1.82, 2.24) is 14.1 Å². The molecule has 0 saturated carbocycles. The van der Waals surface area contributed by atoms with Crippen LogP contribution >= 0.6 is 0 Å². The number of nitrogens with zero attached hydrogens (tertiary/aromatic N) is 4. The molecule has 0 amide bonds. The van der Waals surface area contributed by atoms with E-state index in [2.05, 4.69) is 317 Å². The van der Waals surface area contributed by atoms with Gasteiger partial charge in [-0.15, -0.1) is 0 Å². The van der Waals surface area contributed by atoms with Crippen LogP contribution in [0.15, 0.2) is 261 Å². The van der Waals surface area contributed by atoms with Gasteiger partial charge in [-0.3, -0.25) is 13.7 Å². The molecule has 0 atom stereocenters. The van der Waals surface area contributed by atoms with E-state index < -0.39 is 8.07 Å². The molecule has 0 aliphatic heterocycles. The summed E-state index contributed by atoms with van der Waals surface area (Å²) in [4.78, 5) is 4.94. The van der Waals surface area contributed by atoms with Crippen molar-refractivity contribution in [2.24, 2.45) is 0 Å². The normalized spacial score (nSPS) is 13.9. The Hall–Kier alpha value is -9.36. The van der Waals surface area contributed by atoms with Gasteiger partial charge in [-0.1, -0.05) is 249 Å². The highest BCUT2D eigenvalue weighted by Gasteiger charge is 2.43. The number of rotatable bonds is 11. The molecular formula is C77H66N4OSi. The lowest BCUT2D eigenvalue weighted by atomic mass is 9.82. The summed E-state index contributed by atoms with van der Waals surface area (Å²) in [7, 11) is -2.88. The summed E-state index contributed by atoms with van der Waals surface area (Å²) in [5.41, 5.74) is 14.9. The number of benzene rings is 10. The van der Waals surface area contributed by atoms with Crippen LogP contribution in [0.3, 0.4) is 0 Å². The van der Waals surface area contributed by atoms with Crippen LogP contribution in [0.1, 0.15) is 71.6 Å². The van der Waals surface area contributed by atoms with E-state index in [0.717, 1.165) is 79.3 Å². The van der Waals surface area contributed by atoms with Gasteiger partial charge in [-0.25, -0.2) is 4.98 Å². The van der Waals surface area contributed by atoms with Crippen LogP contribution in [0.25, 0.3) is 72.3 Å². The third kappa shape index (κ3) is 8.83. The highest BCUT2D eigenvalue weighted by Crippen LogP contribution is 2.51. The molecule has 1 aliphatic rings. The maximum Gasteiger partial charge on any atom is 0.269 e. The third-order valence-corrected chi connectivity index (χ3v) is 22.3. The first-order valence-corrected chi connectivity index (χ1v) is 31.1. The van der Waals surface area contributed by atoms with Gasteiger partial charge in [0.05, 0.1) is 33.4 Å². The highest BCUT2D eigenvalue weighted by molar-refractivity contribution is 7.19. The molecule has 0 unspecified atom stereocenters. The van der Waals surface area contributed by atoms with Gasteiger partial charge in [0.15, 0.2) is 8.07 Å². The number of aromatic nitrogens is 4. The Morgan fingerprint density at radius 3 is 1.76 bits per heavy atom. The fourth-order valence-corrected chi connectivity index (χ4v) is 18.7. The third-order valence-electron chi connectivity index (χ3n) is 17.5. The highest BCUT2D eigenvalue weighted by atomic mass is 28.3. The van der Waals surface area contributed by atoms with Gasteiger partial charge >= 0.3 is 0 Å². The van der Waals surface area contributed by atoms with Crippen molar-refractivity contribution in [3.8, 4) is 50.9 Å². The first-order valence-electron chi connectivity index (χ1n) is 29.1. The van der Waals surface area contributed by atoms with E-state index in [1.54, 1.807) is 0 Å². The minimum Gasteiger partial charge on any atom is -0.458 e. The van der Waals surface area contributed by atoms with Crippen molar-refractivity contribution in [3.63, 3.8) is 0 Å². The van der Waals surface area contributed by atoms with E-state index in [1.165, 1.54) is 48.4 Å². The predicted molar refractivity (Wildman–Crippen MR) is 346 cm³/mol. The molecule has 13 aromatic rings. The van der Waals surface area contributed by atoms with Crippen LogP contribution in [0.2, 0.25) is 0 Å². The summed E-state index contributed by atoms with van der Waals surface area (Å²) in [6, 6.07) is 93.6. The van der Waals surface area contributed by atoms with Crippen molar-refractivity contribution in [2.75, 3.05) is 0 Å². The average molecular weight is 1090 g/mol. The minimum absolute atomic E-state index is 0.0169. The van der Waals surface area contributed by atoms with Crippen molar-refractivity contribution < 1.29 is 9.30 Å². The van der Waals surface area contributed by atoms with Crippen LogP contribution in [0, 0.1) is 6.33 Å². The summed E-state index contributed by atoms with van der Waals surface area (Å²) in [6.07, 6.45) is 7.01. The largest absolute Gasteiger partial charge is 0.458 e. The van der Waals surface area contributed by atoms with Gasteiger partial charge in [0, 0.05) is 23.0 Å². The molecule has 1 aliphatic carbocycles. The van der Waals surface area contributed by atoms with Crippen LogP contribution in [0.4, 0.5) is 0 Å². The van der Waals surface area contributed by atoms with E-state index in [4.69, 9.17) is 9.72 Å². The van der Waals surface area contributed by atoms with E-state index in [9.17, 15) is 0 Å². The molecule has 6 heteroatoms. The smallest absolute Gasteiger partial charge is 0.269 e. The van der Waals surface area contributed by atoms with Gasteiger partial charge in [0.25, 0.3) is 6.33 Å². The molecule has 0 radical (unpaired) electrons. The van der Waals surface area contributed by atoms with E-state index in [-0.39, 0.29) is 16.2 Å².